The van der Waals surface area contributed by atoms with E-state index >= 15 is 0 Å². The predicted molar refractivity (Wildman–Crippen MR) is 114 cm³/mol. The maximum Gasteiger partial charge on any atom is 0.191 e. The molecule has 142 valence electrons. The topological polar surface area (TPSA) is 54.9 Å². The molecule has 6 heteroatoms. The van der Waals surface area contributed by atoms with E-state index in [9.17, 15) is 0 Å². The minimum absolute atomic E-state index is 0. The van der Waals surface area contributed by atoms with Gasteiger partial charge >= 0.3 is 0 Å². The van der Waals surface area contributed by atoms with Crippen LogP contribution < -0.4 is 15.4 Å². The van der Waals surface area contributed by atoms with Crippen LogP contribution in [0.3, 0.4) is 0 Å². The van der Waals surface area contributed by atoms with Gasteiger partial charge in [-0.3, -0.25) is 4.99 Å². The van der Waals surface area contributed by atoms with E-state index in [-0.39, 0.29) is 29.4 Å². The number of methoxy groups -OCH3 is 1. The molecule has 0 aromatic heterocycles. The van der Waals surface area contributed by atoms with Gasteiger partial charge in [0.2, 0.25) is 0 Å². The molecule has 0 radical (unpaired) electrons. The molecule has 1 heterocycles. The largest absolute Gasteiger partial charge is 0.497 e. The van der Waals surface area contributed by atoms with Crippen LogP contribution in [0.4, 0.5) is 0 Å². The van der Waals surface area contributed by atoms with Crippen molar-refractivity contribution in [2.75, 3.05) is 33.4 Å². The average molecular weight is 461 g/mol. The Hall–Kier alpha value is -1.02. The Bertz CT molecular complexity index is 526. The highest BCUT2D eigenvalue weighted by atomic mass is 127. The predicted octanol–water partition coefficient (Wildman–Crippen LogP) is 3.32. The normalized spacial score (nSPS) is 16.9. The van der Waals surface area contributed by atoms with Crippen molar-refractivity contribution >= 4 is 29.9 Å². The third kappa shape index (κ3) is 6.33. The first-order valence-corrected chi connectivity index (χ1v) is 8.87. The molecule has 1 aliphatic heterocycles. The zero-order valence-corrected chi connectivity index (χ0v) is 18.1. The first-order chi connectivity index (χ1) is 11.6. The third-order valence-corrected chi connectivity index (χ3v) is 4.46. The zero-order chi connectivity index (χ0) is 17.4. The molecular weight excluding hydrogens is 429 g/mol. The van der Waals surface area contributed by atoms with E-state index in [0.717, 1.165) is 50.9 Å². The molecule has 1 aromatic carbocycles. The van der Waals surface area contributed by atoms with Gasteiger partial charge in [0.1, 0.15) is 5.75 Å². The summed E-state index contributed by atoms with van der Waals surface area (Å²) in [4.78, 5) is 4.88. The molecule has 2 N–H and O–H groups in total. The summed E-state index contributed by atoms with van der Waals surface area (Å²) in [6.07, 6.45) is 1.98. The Morgan fingerprint density at radius 1 is 1.24 bits per heavy atom. The number of hydrogen-bond donors (Lipinski definition) is 2. The SMILES string of the molecule is CCNC(=NCC1(c2ccc(OC)cc2)CCOCC1)NC(C)C.I. The fourth-order valence-electron chi connectivity index (χ4n) is 3.07. The van der Waals surface area contributed by atoms with Gasteiger partial charge in [-0.25, -0.2) is 0 Å². The molecule has 0 aliphatic carbocycles. The second kappa shape index (κ2) is 10.9. The molecule has 0 amide bonds. The minimum Gasteiger partial charge on any atom is -0.497 e. The lowest BCUT2D eigenvalue weighted by atomic mass is 9.74. The lowest BCUT2D eigenvalue weighted by Gasteiger charge is -2.36. The number of aliphatic imine (C=N–C) groups is 1. The van der Waals surface area contributed by atoms with Gasteiger partial charge in [0.15, 0.2) is 5.96 Å². The van der Waals surface area contributed by atoms with Crippen molar-refractivity contribution in [1.29, 1.82) is 0 Å². The van der Waals surface area contributed by atoms with Crippen LogP contribution >= 0.6 is 24.0 Å². The van der Waals surface area contributed by atoms with Crippen LogP contribution in [0.5, 0.6) is 5.75 Å². The maximum atomic E-state index is 5.61. The van der Waals surface area contributed by atoms with E-state index in [1.165, 1.54) is 5.56 Å². The van der Waals surface area contributed by atoms with Gasteiger partial charge < -0.3 is 20.1 Å². The van der Waals surface area contributed by atoms with Crippen LogP contribution in [-0.2, 0) is 10.2 Å². The first kappa shape index (κ1) is 22.0. The number of benzene rings is 1. The van der Waals surface area contributed by atoms with Crippen molar-refractivity contribution in [2.45, 2.75) is 45.1 Å². The van der Waals surface area contributed by atoms with Crippen molar-refractivity contribution in [3.05, 3.63) is 29.8 Å². The number of guanidine groups is 1. The van der Waals surface area contributed by atoms with Crippen molar-refractivity contribution in [3.63, 3.8) is 0 Å². The molecule has 1 fully saturated rings. The summed E-state index contributed by atoms with van der Waals surface area (Å²) in [5.74, 6) is 1.77. The van der Waals surface area contributed by atoms with Crippen LogP contribution in [0.1, 0.15) is 39.2 Å². The van der Waals surface area contributed by atoms with Crippen molar-refractivity contribution in [1.82, 2.24) is 10.6 Å². The summed E-state index contributed by atoms with van der Waals surface area (Å²) < 4.78 is 10.9. The second-order valence-corrected chi connectivity index (χ2v) is 6.62. The summed E-state index contributed by atoms with van der Waals surface area (Å²) in [5.41, 5.74) is 1.35. The van der Waals surface area contributed by atoms with Gasteiger partial charge in [-0.1, -0.05) is 12.1 Å². The lowest BCUT2D eigenvalue weighted by molar-refractivity contribution is 0.0531. The number of hydrogen-bond acceptors (Lipinski definition) is 3. The maximum absolute atomic E-state index is 5.61. The molecular formula is C19H32IN3O2. The summed E-state index contributed by atoms with van der Waals surface area (Å²) >= 11 is 0. The number of nitrogens with zero attached hydrogens (tertiary/aromatic N) is 1. The van der Waals surface area contributed by atoms with Crippen LogP contribution in [0.15, 0.2) is 29.3 Å². The zero-order valence-electron chi connectivity index (χ0n) is 15.8. The molecule has 0 spiro atoms. The standard InChI is InChI=1S/C19H31N3O2.HI/c1-5-20-18(22-15(2)3)21-14-19(10-12-24-13-11-19)16-6-8-17(23-4)9-7-16;/h6-9,15H,5,10-14H2,1-4H3,(H2,20,21,22);1H. The summed E-state index contributed by atoms with van der Waals surface area (Å²) in [7, 11) is 1.70. The molecule has 0 atom stereocenters. The molecule has 2 rings (SSSR count). The van der Waals surface area contributed by atoms with Gasteiger partial charge in [0, 0.05) is 31.2 Å². The lowest BCUT2D eigenvalue weighted by Crippen LogP contribution is -2.43. The first-order valence-electron chi connectivity index (χ1n) is 8.87. The summed E-state index contributed by atoms with van der Waals surface area (Å²) in [6.45, 7) is 9.53. The van der Waals surface area contributed by atoms with Crippen LogP contribution in [-0.4, -0.2) is 45.4 Å². The molecule has 1 saturated heterocycles. The number of ether oxygens (including phenoxy) is 2. The number of halogens is 1. The van der Waals surface area contributed by atoms with E-state index in [0.29, 0.717) is 6.04 Å². The molecule has 25 heavy (non-hydrogen) atoms. The van der Waals surface area contributed by atoms with Gasteiger partial charge in [0.05, 0.1) is 13.7 Å². The van der Waals surface area contributed by atoms with Crippen molar-refractivity contribution in [2.24, 2.45) is 4.99 Å². The smallest absolute Gasteiger partial charge is 0.191 e. The number of nitrogens with one attached hydrogen (secondary N) is 2. The fraction of sp³-hybridized carbons (Fsp3) is 0.632. The van der Waals surface area contributed by atoms with Crippen LogP contribution in [0, 0.1) is 0 Å². The molecule has 0 unspecified atom stereocenters. The third-order valence-electron chi connectivity index (χ3n) is 4.46. The molecule has 5 nitrogen and oxygen atoms in total. The van der Waals surface area contributed by atoms with E-state index in [2.05, 4.69) is 43.5 Å². The van der Waals surface area contributed by atoms with Gasteiger partial charge in [-0.05, 0) is 51.3 Å². The Morgan fingerprint density at radius 2 is 1.88 bits per heavy atom. The summed E-state index contributed by atoms with van der Waals surface area (Å²) in [6, 6.07) is 8.77. The quantitative estimate of drug-likeness (QED) is 0.388. The monoisotopic (exact) mass is 461 g/mol. The Kier molecular flexibility index (Phi) is 9.56. The van der Waals surface area contributed by atoms with Crippen LogP contribution in [0.25, 0.3) is 0 Å². The average Bonchev–Trinajstić information content (AvgIpc) is 2.60. The van der Waals surface area contributed by atoms with Gasteiger partial charge in [-0.2, -0.15) is 0 Å². The molecule has 0 bridgehead atoms. The van der Waals surface area contributed by atoms with Crippen molar-refractivity contribution < 1.29 is 9.47 Å². The van der Waals surface area contributed by atoms with Crippen molar-refractivity contribution in [3.8, 4) is 5.75 Å². The highest BCUT2D eigenvalue weighted by Crippen LogP contribution is 2.36. The Morgan fingerprint density at radius 3 is 2.40 bits per heavy atom. The Balaban J connectivity index is 0.00000312. The highest BCUT2D eigenvalue weighted by molar-refractivity contribution is 14.0. The number of rotatable bonds is 6. The molecule has 1 aliphatic rings. The van der Waals surface area contributed by atoms with E-state index in [1.807, 2.05) is 12.1 Å². The minimum atomic E-state index is 0. The second-order valence-electron chi connectivity index (χ2n) is 6.62. The highest BCUT2D eigenvalue weighted by Gasteiger charge is 2.34. The summed E-state index contributed by atoms with van der Waals surface area (Å²) in [5, 5.41) is 6.72. The molecule has 0 saturated carbocycles. The van der Waals surface area contributed by atoms with Gasteiger partial charge in [-0.15, -0.1) is 24.0 Å². The molecule has 1 aromatic rings. The fourth-order valence-corrected chi connectivity index (χ4v) is 3.07. The van der Waals surface area contributed by atoms with E-state index in [1.54, 1.807) is 7.11 Å². The van der Waals surface area contributed by atoms with E-state index in [4.69, 9.17) is 14.5 Å². The van der Waals surface area contributed by atoms with Gasteiger partial charge in [0.25, 0.3) is 0 Å². The Labute approximate surface area is 169 Å². The van der Waals surface area contributed by atoms with E-state index < -0.39 is 0 Å². The van der Waals surface area contributed by atoms with Crippen LogP contribution in [0.2, 0.25) is 0 Å².